The largest absolute Gasteiger partial charge is 0.495 e. The van der Waals surface area contributed by atoms with Crippen molar-refractivity contribution in [2.75, 3.05) is 12.9 Å². The minimum atomic E-state index is -0.241. The maximum Gasteiger partial charge on any atom is 0.266 e. The van der Waals surface area contributed by atoms with Crippen LogP contribution >= 0.6 is 11.8 Å². The van der Waals surface area contributed by atoms with E-state index in [0.29, 0.717) is 50.0 Å². The first-order valence-corrected chi connectivity index (χ1v) is 11.7. The molecule has 0 atom stereocenters. The molecule has 7 nitrogen and oxygen atoms in total. The van der Waals surface area contributed by atoms with E-state index in [0.717, 1.165) is 5.56 Å². The molecule has 4 aromatic rings. The smallest absolute Gasteiger partial charge is 0.266 e. The van der Waals surface area contributed by atoms with Crippen LogP contribution in [0.1, 0.15) is 44.6 Å². The number of ether oxygens (including phenoxy) is 1. The number of carbonyl (C=O) groups is 2. The number of ketones is 2. The number of benzene rings is 2. The van der Waals surface area contributed by atoms with Gasteiger partial charge in [-0.3, -0.25) is 19.0 Å². The first-order chi connectivity index (χ1) is 16.2. The third-order valence-corrected chi connectivity index (χ3v) is 6.66. The molecule has 0 aliphatic heterocycles. The van der Waals surface area contributed by atoms with E-state index in [9.17, 15) is 14.4 Å². The molecule has 0 unspecified atom stereocenters. The molecule has 0 saturated carbocycles. The lowest BCUT2D eigenvalue weighted by Crippen LogP contribution is -2.23. The van der Waals surface area contributed by atoms with E-state index in [2.05, 4.69) is 4.98 Å². The monoisotopic (exact) mass is 475 g/mol. The Morgan fingerprint density at radius 1 is 1.12 bits per heavy atom. The van der Waals surface area contributed by atoms with Crippen LogP contribution < -0.4 is 10.3 Å². The van der Waals surface area contributed by atoms with Crippen LogP contribution in [0.15, 0.2) is 52.4 Å². The molecule has 34 heavy (non-hydrogen) atoms. The van der Waals surface area contributed by atoms with Gasteiger partial charge in [-0.05, 0) is 63.1 Å². The molecule has 0 saturated heterocycles. The van der Waals surface area contributed by atoms with Gasteiger partial charge in [-0.1, -0.05) is 30.0 Å². The number of nitrogens with zero attached hydrogens (tertiary/aromatic N) is 2. The number of aryl methyl sites for hydroxylation is 2. The number of H-pyrrole nitrogens is 1. The second-order valence-electron chi connectivity index (χ2n) is 8.12. The number of hydrogen-bond donors (Lipinski definition) is 1. The maximum atomic E-state index is 13.5. The molecule has 1 N–H and O–H groups in total. The average Bonchev–Trinajstić information content (AvgIpc) is 3.11. The van der Waals surface area contributed by atoms with Crippen molar-refractivity contribution >= 4 is 34.2 Å². The minimum Gasteiger partial charge on any atom is -0.495 e. The van der Waals surface area contributed by atoms with E-state index in [4.69, 9.17) is 9.72 Å². The fraction of sp³-hybridized carbons (Fsp3) is 0.231. The van der Waals surface area contributed by atoms with E-state index in [1.54, 1.807) is 45.2 Å². The highest BCUT2D eigenvalue weighted by atomic mass is 32.2. The third kappa shape index (κ3) is 4.17. The normalized spacial score (nSPS) is 11.1. The highest BCUT2D eigenvalue weighted by molar-refractivity contribution is 7.99. The Balaban J connectivity index is 1.81. The van der Waals surface area contributed by atoms with Crippen LogP contribution in [0.5, 0.6) is 5.75 Å². The van der Waals surface area contributed by atoms with Crippen molar-refractivity contribution in [3.63, 3.8) is 0 Å². The summed E-state index contributed by atoms with van der Waals surface area (Å²) in [5.41, 5.74) is 4.08. The lowest BCUT2D eigenvalue weighted by atomic mass is 10.1. The summed E-state index contributed by atoms with van der Waals surface area (Å²) >= 11 is 1.17. The summed E-state index contributed by atoms with van der Waals surface area (Å²) in [6, 6.07) is 12.7. The second-order valence-corrected chi connectivity index (χ2v) is 9.06. The standard InChI is InChI=1S/C26H25N3O4S/c1-14-10-11-22(33-5)20(12-14)29-25(32)18-8-6-7-9-19(18)28-26(29)34-13-21(31)24-15(2)23(17(4)30)16(3)27-24/h6-12,27H,13H2,1-5H3. The SMILES string of the molecule is COc1ccc(C)cc1-n1c(SCC(=O)c2[nH]c(C)c(C(C)=O)c2C)nc2ccccc2c1=O. The van der Waals surface area contributed by atoms with Gasteiger partial charge in [0, 0.05) is 11.3 Å². The third-order valence-electron chi connectivity index (χ3n) is 5.72. The summed E-state index contributed by atoms with van der Waals surface area (Å²) in [7, 11) is 1.55. The molecule has 2 aromatic carbocycles. The number of carbonyl (C=O) groups excluding carboxylic acids is 2. The Morgan fingerprint density at radius 2 is 1.85 bits per heavy atom. The molecule has 2 heterocycles. The van der Waals surface area contributed by atoms with Crippen LogP contribution in [-0.4, -0.2) is 39.0 Å². The van der Waals surface area contributed by atoms with Crippen LogP contribution in [0.3, 0.4) is 0 Å². The highest BCUT2D eigenvalue weighted by Crippen LogP contribution is 2.29. The minimum absolute atomic E-state index is 0.0387. The number of Topliss-reactive ketones (excluding diaryl/α,β-unsaturated/α-hetero) is 2. The van der Waals surface area contributed by atoms with Crippen LogP contribution in [0, 0.1) is 20.8 Å². The quantitative estimate of drug-likeness (QED) is 0.234. The van der Waals surface area contributed by atoms with Gasteiger partial charge in [0.15, 0.2) is 16.7 Å². The van der Waals surface area contributed by atoms with Gasteiger partial charge in [0.25, 0.3) is 5.56 Å². The first-order valence-electron chi connectivity index (χ1n) is 10.8. The summed E-state index contributed by atoms with van der Waals surface area (Å²) in [4.78, 5) is 46.4. The molecule has 174 valence electrons. The molecule has 0 spiro atoms. The lowest BCUT2D eigenvalue weighted by Gasteiger charge is -2.16. The first kappa shape index (κ1) is 23.5. The van der Waals surface area contributed by atoms with E-state index in [1.165, 1.54) is 23.3 Å². The fourth-order valence-electron chi connectivity index (χ4n) is 4.16. The van der Waals surface area contributed by atoms with Gasteiger partial charge in [0.05, 0.1) is 35.1 Å². The molecular weight excluding hydrogens is 450 g/mol. The molecule has 2 aromatic heterocycles. The van der Waals surface area contributed by atoms with Crippen LogP contribution in [0.4, 0.5) is 0 Å². The number of fused-ring (bicyclic) bond motifs is 1. The van der Waals surface area contributed by atoms with E-state index in [-0.39, 0.29) is 22.9 Å². The average molecular weight is 476 g/mol. The lowest BCUT2D eigenvalue weighted by molar-refractivity contribution is 0.101. The number of aromatic amines is 1. The number of nitrogens with one attached hydrogen (secondary N) is 1. The highest BCUT2D eigenvalue weighted by Gasteiger charge is 2.22. The molecule has 0 amide bonds. The number of thioether (sulfide) groups is 1. The molecule has 0 aliphatic rings. The predicted molar refractivity (Wildman–Crippen MR) is 134 cm³/mol. The Labute approximate surface area is 201 Å². The van der Waals surface area contributed by atoms with Crippen molar-refractivity contribution in [2.45, 2.75) is 32.9 Å². The molecule has 8 heteroatoms. The fourth-order valence-corrected chi connectivity index (χ4v) is 5.03. The Kier molecular flexibility index (Phi) is 6.43. The number of rotatable bonds is 7. The molecule has 0 fully saturated rings. The van der Waals surface area contributed by atoms with Crippen molar-refractivity contribution in [1.82, 2.24) is 14.5 Å². The molecular formula is C26H25N3O4S. The van der Waals surface area contributed by atoms with Crippen molar-refractivity contribution < 1.29 is 14.3 Å². The van der Waals surface area contributed by atoms with Crippen LogP contribution in [0.25, 0.3) is 16.6 Å². The zero-order chi connectivity index (χ0) is 24.6. The van der Waals surface area contributed by atoms with Gasteiger partial charge in [-0.25, -0.2) is 4.98 Å². The van der Waals surface area contributed by atoms with Gasteiger partial charge in [-0.15, -0.1) is 0 Å². The number of aromatic nitrogens is 3. The molecule has 4 rings (SSSR count). The summed E-state index contributed by atoms with van der Waals surface area (Å²) in [5.74, 6) is 0.300. The zero-order valence-electron chi connectivity index (χ0n) is 19.7. The Bertz CT molecular complexity index is 1500. The van der Waals surface area contributed by atoms with Crippen molar-refractivity contribution in [3.8, 4) is 11.4 Å². The van der Waals surface area contributed by atoms with Crippen molar-refractivity contribution in [3.05, 3.63) is 80.9 Å². The number of hydrogen-bond acceptors (Lipinski definition) is 6. The van der Waals surface area contributed by atoms with Crippen molar-refractivity contribution in [1.29, 1.82) is 0 Å². The molecule has 0 bridgehead atoms. The predicted octanol–water partition coefficient (Wildman–Crippen LogP) is 4.83. The summed E-state index contributed by atoms with van der Waals surface area (Å²) < 4.78 is 7.03. The maximum absolute atomic E-state index is 13.5. The van der Waals surface area contributed by atoms with E-state index < -0.39 is 0 Å². The Morgan fingerprint density at radius 3 is 2.53 bits per heavy atom. The topological polar surface area (TPSA) is 94.1 Å². The van der Waals surface area contributed by atoms with Gasteiger partial charge in [0.2, 0.25) is 0 Å². The number of para-hydroxylation sites is 1. The van der Waals surface area contributed by atoms with Gasteiger partial charge >= 0.3 is 0 Å². The van der Waals surface area contributed by atoms with Crippen LogP contribution in [0.2, 0.25) is 0 Å². The zero-order valence-corrected chi connectivity index (χ0v) is 20.5. The molecule has 0 radical (unpaired) electrons. The van der Waals surface area contributed by atoms with Gasteiger partial charge in [0.1, 0.15) is 5.75 Å². The second kappa shape index (κ2) is 9.30. The van der Waals surface area contributed by atoms with E-state index in [1.807, 2.05) is 25.1 Å². The van der Waals surface area contributed by atoms with Crippen LogP contribution in [-0.2, 0) is 0 Å². The number of methoxy groups -OCH3 is 1. The summed E-state index contributed by atoms with van der Waals surface area (Å²) in [6.07, 6.45) is 0. The van der Waals surface area contributed by atoms with Gasteiger partial charge < -0.3 is 9.72 Å². The summed E-state index contributed by atoms with van der Waals surface area (Å²) in [6.45, 7) is 6.96. The summed E-state index contributed by atoms with van der Waals surface area (Å²) in [5, 5.41) is 0.859. The molecule has 0 aliphatic carbocycles. The Hall–Kier alpha value is -3.65. The van der Waals surface area contributed by atoms with Gasteiger partial charge in [-0.2, -0.15) is 0 Å². The van der Waals surface area contributed by atoms with Crippen molar-refractivity contribution in [2.24, 2.45) is 0 Å². The van der Waals surface area contributed by atoms with E-state index >= 15 is 0 Å².